The van der Waals surface area contributed by atoms with Gasteiger partial charge in [-0.2, -0.15) is 5.26 Å². The Hall–Kier alpha value is -1.49. The predicted octanol–water partition coefficient (Wildman–Crippen LogP) is 3.43. The predicted molar refractivity (Wildman–Crippen MR) is 68.7 cm³/mol. The van der Waals surface area contributed by atoms with E-state index in [4.69, 9.17) is 5.26 Å². The average molecular weight is 216 g/mol. The summed E-state index contributed by atoms with van der Waals surface area (Å²) < 4.78 is 0. The van der Waals surface area contributed by atoms with Crippen LogP contribution in [0.5, 0.6) is 0 Å². The van der Waals surface area contributed by atoms with Crippen LogP contribution in [-0.2, 0) is 0 Å². The van der Waals surface area contributed by atoms with Crippen LogP contribution in [0.2, 0.25) is 0 Å². The third kappa shape index (κ3) is 3.58. The standard InChI is InChI=1S/C14H20N2/c1-4-16(8-6-5-7-15)14-10-12(2)9-13(3)11-14/h9-11H,4-6,8H2,1-3H3. The molecule has 86 valence electrons. The van der Waals surface area contributed by atoms with Gasteiger partial charge in [-0.3, -0.25) is 0 Å². The van der Waals surface area contributed by atoms with E-state index in [1.54, 1.807) is 0 Å². The van der Waals surface area contributed by atoms with E-state index in [9.17, 15) is 0 Å². The van der Waals surface area contributed by atoms with E-state index in [0.29, 0.717) is 6.42 Å². The van der Waals surface area contributed by atoms with Crippen molar-refractivity contribution in [2.45, 2.75) is 33.6 Å². The summed E-state index contributed by atoms with van der Waals surface area (Å²) in [6.45, 7) is 8.37. The van der Waals surface area contributed by atoms with E-state index < -0.39 is 0 Å². The summed E-state index contributed by atoms with van der Waals surface area (Å²) in [5, 5.41) is 8.54. The summed E-state index contributed by atoms with van der Waals surface area (Å²) in [5.41, 5.74) is 3.88. The van der Waals surface area contributed by atoms with Gasteiger partial charge in [-0.15, -0.1) is 0 Å². The van der Waals surface area contributed by atoms with Gasteiger partial charge in [-0.1, -0.05) is 6.07 Å². The summed E-state index contributed by atoms with van der Waals surface area (Å²) in [5.74, 6) is 0. The minimum Gasteiger partial charge on any atom is -0.372 e. The van der Waals surface area contributed by atoms with E-state index in [2.05, 4.69) is 49.9 Å². The molecular formula is C14H20N2. The van der Waals surface area contributed by atoms with Crippen LogP contribution in [0, 0.1) is 25.2 Å². The van der Waals surface area contributed by atoms with Crippen LogP contribution in [0.15, 0.2) is 18.2 Å². The lowest BCUT2D eigenvalue weighted by Gasteiger charge is -2.23. The highest BCUT2D eigenvalue weighted by Crippen LogP contribution is 2.18. The van der Waals surface area contributed by atoms with E-state index in [0.717, 1.165) is 19.5 Å². The van der Waals surface area contributed by atoms with Gasteiger partial charge in [0.1, 0.15) is 0 Å². The zero-order valence-corrected chi connectivity index (χ0v) is 10.5. The molecule has 0 atom stereocenters. The molecule has 0 heterocycles. The Morgan fingerprint density at radius 3 is 2.31 bits per heavy atom. The number of aryl methyl sites for hydroxylation is 2. The van der Waals surface area contributed by atoms with Gasteiger partial charge in [0.2, 0.25) is 0 Å². The van der Waals surface area contributed by atoms with Crippen LogP contribution in [0.1, 0.15) is 30.9 Å². The number of hydrogen-bond donors (Lipinski definition) is 0. The molecule has 0 aliphatic rings. The molecule has 0 unspecified atom stereocenters. The van der Waals surface area contributed by atoms with Crippen molar-refractivity contribution < 1.29 is 0 Å². The first-order chi connectivity index (χ1) is 7.67. The summed E-state index contributed by atoms with van der Waals surface area (Å²) in [6.07, 6.45) is 1.58. The third-order valence-electron chi connectivity index (χ3n) is 2.67. The van der Waals surface area contributed by atoms with Gasteiger partial charge in [0.15, 0.2) is 0 Å². The van der Waals surface area contributed by atoms with Crippen LogP contribution < -0.4 is 4.90 Å². The molecule has 0 saturated carbocycles. The Kier molecular flexibility index (Phi) is 4.85. The smallest absolute Gasteiger partial charge is 0.0622 e. The first-order valence-electron chi connectivity index (χ1n) is 5.87. The normalized spacial score (nSPS) is 9.88. The molecule has 0 saturated heterocycles. The Balaban J connectivity index is 2.74. The SMILES string of the molecule is CCN(CCCC#N)c1cc(C)cc(C)c1. The number of unbranched alkanes of at least 4 members (excludes halogenated alkanes) is 1. The Bertz CT molecular complexity index is 357. The quantitative estimate of drug-likeness (QED) is 0.705. The van der Waals surface area contributed by atoms with Crippen molar-refractivity contribution in [1.82, 2.24) is 0 Å². The number of hydrogen-bond acceptors (Lipinski definition) is 2. The fourth-order valence-corrected chi connectivity index (χ4v) is 1.95. The van der Waals surface area contributed by atoms with Crippen LogP contribution in [0.4, 0.5) is 5.69 Å². The van der Waals surface area contributed by atoms with Gasteiger partial charge in [0, 0.05) is 25.2 Å². The molecule has 0 amide bonds. The molecular weight excluding hydrogens is 196 g/mol. The maximum Gasteiger partial charge on any atom is 0.0622 e. The first kappa shape index (κ1) is 12.6. The third-order valence-corrected chi connectivity index (χ3v) is 2.67. The highest BCUT2D eigenvalue weighted by molar-refractivity contribution is 5.50. The number of nitrogens with zero attached hydrogens (tertiary/aromatic N) is 2. The van der Waals surface area contributed by atoms with Crippen LogP contribution >= 0.6 is 0 Å². The van der Waals surface area contributed by atoms with E-state index in [1.165, 1.54) is 16.8 Å². The van der Waals surface area contributed by atoms with Crippen molar-refractivity contribution in [2.24, 2.45) is 0 Å². The molecule has 0 aliphatic carbocycles. The lowest BCUT2D eigenvalue weighted by molar-refractivity contribution is 0.760. The van der Waals surface area contributed by atoms with Gasteiger partial charge < -0.3 is 4.90 Å². The summed E-state index contributed by atoms with van der Waals surface area (Å²) >= 11 is 0. The van der Waals surface area contributed by atoms with Crippen molar-refractivity contribution in [3.8, 4) is 6.07 Å². The maximum absolute atomic E-state index is 8.54. The topological polar surface area (TPSA) is 27.0 Å². The van der Waals surface area contributed by atoms with Crippen LogP contribution in [0.3, 0.4) is 0 Å². The first-order valence-corrected chi connectivity index (χ1v) is 5.87. The highest BCUT2D eigenvalue weighted by Gasteiger charge is 2.04. The molecule has 16 heavy (non-hydrogen) atoms. The van der Waals surface area contributed by atoms with Crippen LogP contribution in [0.25, 0.3) is 0 Å². The van der Waals surface area contributed by atoms with Gasteiger partial charge >= 0.3 is 0 Å². The zero-order valence-electron chi connectivity index (χ0n) is 10.5. The highest BCUT2D eigenvalue weighted by atomic mass is 15.1. The molecule has 1 rings (SSSR count). The molecule has 0 N–H and O–H groups in total. The number of anilines is 1. The van der Waals surface area contributed by atoms with Crippen molar-refractivity contribution in [3.63, 3.8) is 0 Å². The summed E-state index contributed by atoms with van der Waals surface area (Å²) in [6, 6.07) is 8.80. The summed E-state index contributed by atoms with van der Waals surface area (Å²) in [4.78, 5) is 2.33. The average Bonchev–Trinajstić information content (AvgIpc) is 2.23. The van der Waals surface area contributed by atoms with E-state index >= 15 is 0 Å². The fraction of sp³-hybridized carbons (Fsp3) is 0.500. The molecule has 0 radical (unpaired) electrons. The fourth-order valence-electron chi connectivity index (χ4n) is 1.95. The molecule has 0 aliphatic heterocycles. The van der Waals surface area contributed by atoms with Crippen molar-refractivity contribution >= 4 is 5.69 Å². The number of nitriles is 1. The summed E-state index contributed by atoms with van der Waals surface area (Å²) in [7, 11) is 0. The van der Waals surface area contributed by atoms with Crippen molar-refractivity contribution in [1.29, 1.82) is 5.26 Å². The second-order valence-corrected chi connectivity index (χ2v) is 4.19. The van der Waals surface area contributed by atoms with Crippen molar-refractivity contribution in [2.75, 3.05) is 18.0 Å². The monoisotopic (exact) mass is 216 g/mol. The van der Waals surface area contributed by atoms with Gasteiger partial charge in [-0.05, 0) is 50.5 Å². The minimum atomic E-state index is 0.640. The lowest BCUT2D eigenvalue weighted by atomic mass is 10.1. The Morgan fingerprint density at radius 1 is 1.19 bits per heavy atom. The maximum atomic E-state index is 8.54. The zero-order chi connectivity index (χ0) is 12.0. The number of benzene rings is 1. The van der Waals surface area contributed by atoms with E-state index in [1.807, 2.05) is 0 Å². The molecule has 2 heteroatoms. The second-order valence-electron chi connectivity index (χ2n) is 4.19. The molecule has 0 fully saturated rings. The lowest BCUT2D eigenvalue weighted by Crippen LogP contribution is -2.23. The second kappa shape index (κ2) is 6.17. The van der Waals surface area contributed by atoms with Crippen molar-refractivity contribution in [3.05, 3.63) is 29.3 Å². The molecule has 0 bridgehead atoms. The molecule has 0 aromatic heterocycles. The molecule has 2 nitrogen and oxygen atoms in total. The molecule has 0 spiro atoms. The van der Waals surface area contributed by atoms with Crippen LogP contribution in [-0.4, -0.2) is 13.1 Å². The number of rotatable bonds is 5. The Morgan fingerprint density at radius 2 is 1.81 bits per heavy atom. The van der Waals surface area contributed by atoms with Gasteiger partial charge in [0.05, 0.1) is 6.07 Å². The Labute approximate surface area is 98.5 Å². The van der Waals surface area contributed by atoms with Gasteiger partial charge in [0.25, 0.3) is 0 Å². The molecule has 1 aromatic carbocycles. The van der Waals surface area contributed by atoms with E-state index in [-0.39, 0.29) is 0 Å². The minimum absolute atomic E-state index is 0.640. The van der Waals surface area contributed by atoms with Gasteiger partial charge in [-0.25, -0.2) is 0 Å². The largest absolute Gasteiger partial charge is 0.372 e. The molecule has 1 aromatic rings.